The minimum Gasteiger partial charge on any atom is -0.504 e. The monoisotopic (exact) mass is 751 g/mol. The number of benzene rings is 2. The van der Waals surface area contributed by atoms with Gasteiger partial charge in [-0.25, -0.2) is 18.4 Å². The van der Waals surface area contributed by atoms with E-state index in [0.29, 0.717) is 29.1 Å². The summed E-state index contributed by atoms with van der Waals surface area (Å²) < 4.78 is 29.6. The highest BCUT2D eigenvalue weighted by Crippen LogP contribution is 2.69. The van der Waals surface area contributed by atoms with Crippen LogP contribution in [0.3, 0.4) is 0 Å². The first-order valence-electron chi connectivity index (χ1n) is 20.3. The van der Waals surface area contributed by atoms with Crippen molar-refractivity contribution in [2.24, 2.45) is 58.2 Å². The number of halogens is 2. The summed E-state index contributed by atoms with van der Waals surface area (Å²) in [5.74, 6) is -1.38. The molecule has 54 heavy (non-hydrogen) atoms. The summed E-state index contributed by atoms with van der Waals surface area (Å²) >= 11 is 0. The van der Waals surface area contributed by atoms with Gasteiger partial charge in [0.1, 0.15) is 11.1 Å². The molecule has 0 heterocycles. The average Bonchev–Trinajstić information content (AvgIpc) is 3.46. The van der Waals surface area contributed by atoms with Gasteiger partial charge in [-0.3, -0.25) is 0 Å². The molecule has 0 spiro atoms. The lowest BCUT2D eigenvalue weighted by Gasteiger charge is -2.61. The first-order chi connectivity index (χ1) is 25.0. The number of carbonyl (C=O) groups is 2. The maximum atomic E-state index is 14.8. The van der Waals surface area contributed by atoms with Crippen molar-refractivity contribution in [1.82, 2.24) is 6.15 Å². The number of phenols is 2. The normalized spacial score (nSPS) is 30.7. The van der Waals surface area contributed by atoms with Crippen LogP contribution >= 0.6 is 0 Å². The smallest absolute Gasteiger partial charge is 0.339 e. The van der Waals surface area contributed by atoms with Gasteiger partial charge in [-0.1, -0.05) is 60.0 Å². The molecule has 0 saturated heterocycles. The summed E-state index contributed by atoms with van der Waals surface area (Å²) in [6.07, 6.45) is 18.7. The molecule has 9 atom stereocenters. The number of aromatic carboxylic acids is 2. The first kappa shape index (κ1) is 41.7. The van der Waals surface area contributed by atoms with Crippen molar-refractivity contribution >= 4 is 17.5 Å². The van der Waals surface area contributed by atoms with Gasteiger partial charge in [0.05, 0.1) is 0 Å². The zero-order chi connectivity index (χ0) is 38.4. The fourth-order valence-electron chi connectivity index (χ4n) is 12.3. The lowest BCUT2D eigenvalue weighted by molar-refractivity contribution is -0.121. The summed E-state index contributed by atoms with van der Waals surface area (Å²) in [6.45, 7) is 12.4. The fraction of sp³-hybridized carbons (Fsp3) is 0.644. The third-order valence-electron chi connectivity index (χ3n) is 15.1. The van der Waals surface area contributed by atoms with E-state index in [-0.39, 0.29) is 22.9 Å². The van der Waals surface area contributed by atoms with Crippen LogP contribution in [0.4, 0.5) is 8.78 Å². The van der Waals surface area contributed by atoms with Gasteiger partial charge >= 0.3 is 11.9 Å². The van der Waals surface area contributed by atoms with Crippen molar-refractivity contribution in [3.63, 3.8) is 0 Å². The van der Waals surface area contributed by atoms with Crippen LogP contribution in [0.5, 0.6) is 11.5 Å². The molecule has 4 aliphatic carbocycles. The molecular formula is C45H63F2NO6. The number of hydrogen-bond acceptors (Lipinski definition) is 5. The average molecular weight is 752 g/mol. The standard InChI is InChI=1S/C45H60F2O6.H3N/c1-25(2)8-6-9-26(3)35-14-15-36-32-13-12-30-20-27(16-18-44(30,4)37(32)17-19-45(35,36)5)10-7-11-31(28-21-33(42(50)51)40(48)38(46)23-28)29-22-34(43(52)53)41(49)39(47)24-29;/h11,21-27,30,32,35-37,48-49H,6-10,12-20H2,1-5H3,(H,50,51)(H,52,53);1H3/t26-,27+,30?,32?,35?,36?,37?,44+,45-;/m1./s1. The first-order valence-corrected chi connectivity index (χ1v) is 20.3. The zero-order valence-corrected chi connectivity index (χ0v) is 33.0. The second-order valence-corrected chi connectivity index (χ2v) is 18.3. The molecule has 0 amide bonds. The number of carboxylic acids is 2. The molecular weight excluding hydrogens is 688 g/mol. The molecule has 7 nitrogen and oxygen atoms in total. The van der Waals surface area contributed by atoms with Crippen LogP contribution in [0.15, 0.2) is 30.3 Å². The molecule has 9 heteroatoms. The summed E-state index contributed by atoms with van der Waals surface area (Å²) in [7, 11) is 0. The molecule has 0 aliphatic heterocycles. The molecule has 6 rings (SSSR count). The van der Waals surface area contributed by atoms with Gasteiger partial charge in [0.25, 0.3) is 0 Å². The van der Waals surface area contributed by atoms with E-state index >= 15 is 0 Å². The summed E-state index contributed by atoms with van der Waals surface area (Å²) in [4.78, 5) is 23.6. The topological polar surface area (TPSA) is 150 Å². The van der Waals surface area contributed by atoms with E-state index in [1.54, 1.807) is 6.08 Å². The molecule has 2 aromatic rings. The molecule has 5 unspecified atom stereocenters. The maximum Gasteiger partial charge on any atom is 0.339 e. The van der Waals surface area contributed by atoms with Gasteiger partial charge < -0.3 is 26.6 Å². The van der Waals surface area contributed by atoms with Gasteiger partial charge in [0, 0.05) is 0 Å². The minimum atomic E-state index is -1.53. The van der Waals surface area contributed by atoms with Gasteiger partial charge in [-0.2, -0.15) is 0 Å². The SMILES string of the molecule is CC(C)CCC[C@@H](C)C1CCC2C3CCC4C[C@@H](CCC=C(c5cc(F)c(O)c(C(=O)O)c5)c5cc(F)c(O)c(C(=O)O)c5)CC[C@]4(C)C3CC[C@@]21C.N. The van der Waals surface area contributed by atoms with Crippen molar-refractivity contribution in [1.29, 1.82) is 0 Å². The van der Waals surface area contributed by atoms with Gasteiger partial charge in [-0.05, 0) is 170 Å². The van der Waals surface area contributed by atoms with Gasteiger partial charge in [0.15, 0.2) is 23.1 Å². The van der Waals surface area contributed by atoms with E-state index in [0.717, 1.165) is 79.0 Å². The van der Waals surface area contributed by atoms with Crippen LogP contribution in [0.25, 0.3) is 5.57 Å². The van der Waals surface area contributed by atoms with Crippen molar-refractivity contribution in [3.8, 4) is 11.5 Å². The Morgan fingerprint density at radius 2 is 1.37 bits per heavy atom. The Kier molecular flexibility index (Phi) is 12.6. The van der Waals surface area contributed by atoms with Crippen LogP contribution in [0.1, 0.15) is 156 Å². The molecule has 4 fully saturated rings. The van der Waals surface area contributed by atoms with Crippen LogP contribution in [-0.2, 0) is 0 Å². The Balaban J connectivity index is 0.00000561. The van der Waals surface area contributed by atoms with E-state index in [4.69, 9.17) is 0 Å². The summed E-state index contributed by atoms with van der Waals surface area (Å²) in [5, 5.41) is 39.4. The molecule has 0 bridgehead atoms. The molecule has 4 aliphatic rings. The van der Waals surface area contributed by atoms with Crippen LogP contribution in [0, 0.1) is 69.8 Å². The predicted molar refractivity (Wildman–Crippen MR) is 208 cm³/mol. The van der Waals surface area contributed by atoms with E-state index < -0.39 is 46.2 Å². The van der Waals surface area contributed by atoms with Gasteiger partial charge in [-0.15, -0.1) is 0 Å². The van der Waals surface area contributed by atoms with Crippen molar-refractivity contribution in [3.05, 3.63) is 64.2 Å². The molecule has 7 N–H and O–H groups in total. The lowest BCUT2D eigenvalue weighted by atomic mass is 9.44. The minimum absolute atomic E-state index is 0. The Bertz CT molecular complexity index is 1670. The number of allylic oxidation sites excluding steroid dienone is 1. The van der Waals surface area contributed by atoms with E-state index in [1.807, 2.05) is 0 Å². The highest BCUT2D eigenvalue weighted by atomic mass is 19.1. The second kappa shape index (κ2) is 16.3. The Morgan fingerprint density at radius 3 is 1.94 bits per heavy atom. The van der Waals surface area contributed by atoms with Crippen LogP contribution < -0.4 is 6.15 Å². The number of carboxylic acid groups (broad SMARTS) is 2. The van der Waals surface area contributed by atoms with Crippen LogP contribution in [0.2, 0.25) is 0 Å². The van der Waals surface area contributed by atoms with E-state index in [2.05, 4.69) is 34.6 Å². The van der Waals surface area contributed by atoms with Gasteiger partial charge in [0.2, 0.25) is 0 Å². The third kappa shape index (κ3) is 7.81. The Morgan fingerprint density at radius 1 is 0.796 bits per heavy atom. The van der Waals surface area contributed by atoms with Crippen molar-refractivity contribution in [2.75, 3.05) is 0 Å². The number of rotatable bonds is 12. The number of fused-ring (bicyclic) bond motifs is 5. The Labute approximate surface area is 320 Å². The van der Waals surface area contributed by atoms with Crippen molar-refractivity contribution < 1.29 is 38.8 Å². The lowest BCUT2D eigenvalue weighted by Crippen LogP contribution is -2.53. The van der Waals surface area contributed by atoms with E-state index in [1.165, 1.54) is 64.2 Å². The molecule has 298 valence electrons. The quantitative estimate of drug-likeness (QED) is 0.145. The molecule has 0 radical (unpaired) electrons. The zero-order valence-electron chi connectivity index (χ0n) is 33.0. The largest absolute Gasteiger partial charge is 0.504 e. The highest BCUT2D eigenvalue weighted by molar-refractivity contribution is 5.95. The molecule has 2 aromatic carbocycles. The number of aromatic hydroxyl groups is 2. The van der Waals surface area contributed by atoms with Crippen molar-refractivity contribution in [2.45, 2.75) is 125 Å². The fourth-order valence-corrected chi connectivity index (χ4v) is 12.3. The van der Waals surface area contributed by atoms with E-state index in [9.17, 15) is 38.8 Å². The second-order valence-electron chi connectivity index (χ2n) is 18.3. The van der Waals surface area contributed by atoms with Crippen LogP contribution in [-0.4, -0.2) is 32.4 Å². The maximum absolute atomic E-state index is 14.8. The summed E-state index contributed by atoms with van der Waals surface area (Å²) in [6, 6.07) is 4.16. The Hall–Kier alpha value is -3.46. The molecule has 4 saturated carbocycles. The third-order valence-corrected chi connectivity index (χ3v) is 15.1. The predicted octanol–water partition coefficient (Wildman–Crippen LogP) is 11.9. The molecule has 0 aromatic heterocycles. The number of hydrogen-bond donors (Lipinski definition) is 5. The summed E-state index contributed by atoms with van der Waals surface area (Å²) in [5.41, 5.74) is -0.121. The highest BCUT2D eigenvalue weighted by Gasteiger charge is 2.60.